The highest BCUT2D eigenvalue weighted by molar-refractivity contribution is 5.78. The van der Waals surface area contributed by atoms with E-state index in [1.807, 2.05) is 0 Å². The van der Waals surface area contributed by atoms with E-state index in [1.165, 1.54) is 0 Å². The third-order valence-corrected chi connectivity index (χ3v) is 2.63. The first kappa shape index (κ1) is 15.2. The summed E-state index contributed by atoms with van der Waals surface area (Å²) in [5.74, 6) is -0.977. The molecule has 1 heterocycles. The molecule has 0 aromatic heterocycles. The highest BCUT2D eigenvalue weighted by Gasteiger charge is 2.45. The molecule has 0 aliphatic carbocycles. The molecule has 1 aliphatic heterocycles. The lowest BCUT2D eigenvalue weighted by Gasteiger charge is -2.40. The van der Waals surface area contributed by atoms with Gasteiger partial charge in [-0.2, -0.15) is 0 Å². The van der Waals surface area contributed by atoms with Gasteiger partial charge >= 0.3 is 0 Å². The van der Waals surface area contributed by atoms with Crippen LogP contribution in [0.3, 0.4) is 0 Å². The Morgan fingerprint density at radius 1 is 1.22 bits per heavy atom. The lowest BCUT2D eigenvalue weighted by atomic mass is 9.99. The zero-order valence-corrected chi connectivity index (χ0v) is 9.42. The molecule has 18 heavy (non-hydrogen) atoms. The van der Waals surface area contributed by atoms with Crippen LogP contribution in [0.4, 0.5) is 0 Å². The van der Waals surface area contributed by atoms with Crippen molar-refractivity contribution in [1.29, 1.82) is 0 Å². The van der Waals surface area contributed by atoms with Gasteiger partial charge in [0.1, 0.15) is 24.4 Å². The largest absolute Gasteiger partial charge is 0.394 e. The minimum Gasteiger partial charge on any atom is -0.394 e. The van der Waals surface area contributed by atoms with E-state index >= 15 is 0 Å². The second-order valence-corrected chi connectivity index (χ2v) is 3.91. The SMILES string of the molecule is NC(=O)C(CO)O[C@@H]1OC(CO)[C@H](O)C(O)C1O. The fourth-order valence-corrected chi connectivity index (χ4v) is 1.54. The number of ether oxygens (including phenoxy) is 2. The van der Waals surface area contributed by atoms with Crippen molar-refractivity contribution in [3.63, 3.8) is 0 Å². The summed E-state index contributed by atoms with van der Waals surface area (Å²) in [5.41, 5.74) is 4.92. The number of aliphatic hydroxyl groups is 5. The summed E-state index contributed by atoms with van der Waals surface area (Å²) in [6.45, 7) is -1.35. The molecule has 1 saturated heterocycles. The molecule has 9 nitrogen and oxygen atoms in total. The summed E-state index contributed by atoms with van der Waals surface area (Å²) in [6.07, 6.45) is -8.85. The van der Waals surface area contributed by atoms with Crippen molar-refractivity contribution in [3.8, 4) is 0 Å². The molecule has 9 heteroatoms. The van der Waals surface area contributed by atoms with Gasteiger partial charge in [0.15, 0.2) is 12.4 Å². The number of amides is 1. The standard InChI is InChI=1S/C9H17NO8/c10-8(16)4(2-12)18-9-7(15)6(14)5(13)3(1-11)17-9/h3-7,9,11-15H,1-2H2,(H2,10,16)/t3?,4?,5-,6?,7?,9-/m0/s1. The average molecular weight is 267 g/mol. The number of carbonyl (C=O) groups excluding carboxylic acids is 1. The number of hydrogen-bond donors (Lipinski definition) is 6. The first-order valence-corrected chi connectivity index (χ1v) is 5.28. The summed E-state index contributed by atoms with van der Waals surface area (Å²) in [7, 11) is 0. The molecule has 0 spiro atoms. The van der Waals surface area contributed by atoms with Crippen molar-refractivity contribution in [3.05, 3.63) is 0 Å². The van der Waals surface area contributed by atoms with Gasteiger partial charge in [-0.1, -0.05) is 0 Å². The van der Waals surface area contributed by atoms with Crippen molar-refractivity contribution < 1.29 is 39.8 Å². The first-order chi connectivity index (χ1) is 8.42. The van der Waals surface area contributed by atoms with E-state index < -0.39 is 55.9 Å². The zero-order valence-electron chi connectivity index (χ0n) is 9.42. The summed E-state index contributed by atoms with van der Waals surface area (Å²) in [4.78, 5) is 10.8. The lowest BCUT2D eigenvalue weighted by Crippen LogP contribution is -2.60. The van der Waals surface area contributed by atoms with Gasteiger partial charge < -0.3 is 40.7 Å². The molecule has 1 fully saturated rings. The van der Waals surface area contributed by atoms with Gasteiger partial charge in [-0.05, 0) is 0 Å². The Labute approximate surface area is 102 Å². The monoisotopic (exact) mass is 267 g/mol. The van der Waals surface area contributed by atoms with Gasteiger partial charge in [-0.3, -0.25) is 4.79 Å². The third-order valence-electron chi connectivity index (χ3n) is 2.63. The minimum absolute atomic E-state index is 0.620. The van der Waals surface area contributed by atoms with Crippen LogP contribution in [0.2, 0.25) is 0 Å². The van der Waals surface area contributed by atoms with E-state index in [0.29, 0.717) is 0 Å². The Kier molecular flexibility index (Phi) is 5.41. The maximum Gasteiger partial charge on any atom is 0.249 e. The molecule has 0 radical (unpaired) electrons. The van der Waals surface area contributed by atoms with Crippen LogP contribution in [0.1, 0.15) is 0 Å². The number of carbonyl (C=O) groups is 1. The summed E-state index contributed by atoms with van der Waals surface area (Å²) >= 11 is 0. The van der Waals surface area contributed by atoms with E-state index in [9.17, 15) is 20.1 Å². The number of hydrogen-bond acceptors (Lipinski definition) is 8. The maximum absolute atomic E-state index is 10.8. The molecule has 1 amide bonds. The van der Waals surface area contributed by atoms with Crippen LogP contribution in [0.25, 0.3) is 0 Å². The molecular weight excluding hydrogens is 250 g/mol. The molecule has 0 saturated carbocycles. The van der Waals surface area contributed by atoms with Crippen LogP contribution in [0, 0.1) is 0 Å². The average Bonchev–Trinajstić information content (AvgIpc) is 2.35. The molecule has 6 atom stereocenters. The van der Waals surface area contributed by atoms with Gasteiger partial charge in [0.2, 0.25) is 5.91 Å². The number of rotatable bonds is 5. The molecule has 4 unspecified atom stereocenters. The summed E-state index contributed by atoms with van der Waals surface area (Å²) < 4.78 is 9.85. The normalized spacial score (nSPS) is 38.4. The van der Waals surface area contributed by atoms with E-state index in [2.05, 4.69) is 0 Å². The molecule has 1 rings (SSSR count). The molecular formula is C9H17NO8. The van der Waals surface area contributed by atoms with Gasteiger partial charge in [0.25, 0.3) is 0 Å². The number of primary amides is 1. The van der Waals surface area contributed by atoms with E-state index in [-0.39, 0.29) is 0 Å². The Balaban J connectivity index is 2.72. The van der Waals surface area contributed by atoms with Crippen molar-refractivity contribution in [2.75, 3.05) is 13.2 Å². The second-order valence-electron chi connectivity index (χ2n) is 3.91. The molecule has 1 aliphatic rings. The number of aliphatic hydroxyl groups excluding tert-OH is 5. The Hall–Kier alpha value is -0.810. The van der Waals surface area contributed by atoms with Crippen molar-refractivity contribution >= 4 is 5.91 Å². The zero-order chi connectivity index (χ0) is 13.9. The number of nitrogens with two attached hydrogens (primary N) is 1. The van der Waals surface area contributed by atoms with Crippen LogP contribution in [0.5, 0.6) is 0 Å². The van der Waals surface area contributed by atoms with E-state index in [4.69, 9.17) is 25.4 Å². The third kappa shape index (κ3) is 3.14. The van der Waals surface area contributed by atoms with E-state index in [0.717, 1.165) is 0 Å². The van der Waals surface area contributed by atoms with Gasteiger partial charge in [0, 0.05) is 0 Å². The van der Waals surface area contributed by atoms with Crippen LogP contribution < -0.4 is 5.73 Å². The molecule has 0 aromatic carbocycles. The predicted octanol–water partition coefficient (Wildman–Crippen LogP) is -4.35. The Morgan fingerprint density at radius 2 is 1.83 bits per heavy atom. The van der Waals surface area contributed by atoms with Gasteiger partial charge in [0.05, 0.1) is 13.2 Å². The van der Waals surface area contributed by atoms with Crippen LogP contribution in [-0.4, -0.2) is 81.5 Å². The molecule has 7 N–H and O–H groups in total. The van der Waals surface area contributed by atoms with Crippen molar-refractivity contribution in [2.45, 2.75) is 36.8 Å². The lowest BCUT2D eigenvalue weighted by molar-refractivity contribution is -0.310. The molecule has 106 valence electrons. The quantitative estimate of drug-likeness (QED) is 0.291. The molecule has 0 bridgehead atoms. The maximum atomic E-state index is 10.8. The smallest absolute Gasteiger partial charge is 0.249 e. The minimum atomic E-state index is -1.64. The van der Waals surface area contributed by atoms with Crippen molar-refractivity contribution in [1.82, 2.24) is 0 Å². The molecule has 0 aromatic rings. The van der Waals surface area contributed by atoms with Crippen molar-refractivity contribution in [2.24, 2.45) is 5.73 Å². The van der Waals surface area contributed by atoms with Gasteiger partial charge in [-0.15, -0.1) is 0 Å². The fourth-order valence-electron chi connectivity index (χ4n) is 1.54. The van der Waals surface area contributed by atoms with Crippen LogP contribution >= 0.6 is 0 Å². The summed E-state index contributed by atoms with van der Waals surface area (Å²) in [6, 6.07) is 0. The first-order valence-electron chi connectivity index (χ1n) is 5.28. The topological polar surface area (TPSA) is 163 Å². The predicted molar refractivity (Wildman–Crippen MR) is 54.9 cm³/mol. The highest BCUT2D eigenvalue weighted by Crippen LogP contribution is 2.22. The van der Waals surface area contributed by atoms with Gasteiger partial charge in [-0.25, -0.2) is 0 Å². The fraction of sp³-hybridized carbons (Fsp3) is 0.889. The van der Waals surface area contributed by atoms with Crippen LogP contribution in [-0.2, 0) is 14.3 Å². The van der Waals surface area contributed by atoms with Crippen LogP contribution in [0.15, 0.2) is 0 Å². The second kappa shape index (κ2) is 6.38. The highest BCUT2D eigenvalue weighted by atomic mass is 16.7. The Morgan fingerprint density at radius 3 is 2.28 bits per heavy atom. The Bertz CT molecular complexity index is 286. The summed E-state index contributed by atoms with van der Waals surface area (Å²) in [5, 5.41) is 46.2. The van der Waals surface area contributed by atoms with E-state index in [1.54, 1.807) is 0 Å².